The summed E-state index contributed by atoms with van der Waals surface area (Å²) >= 11 is 0. The Morgan fingerprint density at radius 3 is 2.45 bits per heavy atom. The number of anilines is 1. The van der Waals surface area contributed by atoms with Gasteiger partial charge in [0.25, 0.3) is 5.78 Å². The van der Waals surface area contributed by atoms with Crippen LogP contribution >= 0.6 is 0 Å². The minimum Gasteiger partial charge on any atom is -0.337 e. The fraction of sp³-hybridized carbons (Fsp3) is 0.421. The summed E-state index contributed by atoms with van der Waals surface area (Å²) in [4.78, 5) is 10.7. The first-order valence-electron chi connectivity index (χ1n) is 9.39. The molecule has 0 radical (unpaired) electrons. The standard InChI is InChI=1S/C19H23FN6O2S/c1-19(2,3)16-7-8-21-17-22-18(23-26(16)17)24-9-11-25(12-10-24)29(27,28)15-6-4-5-14(20)13-15/h4-8,13H,9-12H2,1-3H3. The Balaban J connectivity index is 1.54. The van der Waals surface area contributed by atoms with Crippen LogP contribution in [0.4, 0.5) is 10.3 Å². The number of nitrogens with zero attached hydrogens (tertiary/aromatic N) is 6. The number of fused-ring (bicyclic) bond motifs is 1. The fourth-order valence-electron chi connectivity index (χ4n) is 3.39. The van der Waals surface area contributed by atoms with Crippen molar-refractivity contribution in [2.45, 2.75) is 31.1 Å². The summed E-state index contributed by atoms with van der Waals surface area (Å²) in [5.74, 6) is 0.472. The number of hydrogen-bond acceptors (Lipinski definition) is 6. The molecule has 10 heteroatoms. The van der Waals surface area contributed by atoms with Crippen LogP contribution in [0.1, 0.15) is 26.5 Å². The molecule has 0 amide bonds. The third kappa shape index (κ3) is 3.69. The van der Waals surface area contributed by atoms with Gasteiger partial charge in [-0.15, -0.1) is 5.10 Å². The molecule has 0 atom stereocenters. The molecule has 2 aromatic heterocycles. The molecule has 0 spiro atoms. The van der Waals surface area contributed by atoms with Crippen molar-refractivity contribution < 1.29 is 12.8 Å². The van der Waals surface area contributed by atoms with Crippen molar-refractivity contribution in [3.8, 4) is 0 Å². The number of aromatic nitrogens is 4. The largest absolute Gasteiger partial charge is 0.337 e. The molecule has 4 rings (SSSR count). The predicted octanol–water partition coefficient (Wildman–Crippen LogP) is 2.07. The molecule has 3 heterocycles. The van der Waals surface area contributed by atoms with Crippen LogP contribution in [-0.4, -0.2) is 58.5 Å². The summed E-state index contributed by atoms with van der Waals surface area (Å²) in [6.07, 6.45) is 1.72. The average Bonchev–Trinajstić information content (AvgIpc) is 3.11. The van der Waals surface area contributed by atoms with Crippen molar-refractivity contribution >= 4 is 21.7 Å². The molecule has 29 heavy (non-hydrogen) atoms. The lowest BCUT2D eigenvalue weighted by molar-refractivity contribution is 0.382. The lowest BCUT2D eigenvalue weighted by atomic mass is 9.92. The van der Waals surface area contributed by atoms with E-state index in [0.29, 0.717) is 24.8 Å². The van der Waals surface area contributed by atoms with Gasteiger partial charge in [0.05, 0.1) is 10.6 Å². The zero-order valence-corrected chi connectivity index (χ0v) is 17.4. The third-order valence-electron chi connectivity index (χ3n) is 4.95. The van der Waals surface area contributed by atoms with Crippen molar-refractivity contribution in [1.29, 1.82) is 0 Å². The zero-order valence-electron chi connectivity index (χ0n) is 16.6. The average molecular weight is 418 g/mol. The monoisotopic (exact) mass is 418 g/mol. The lowest BCUT2D eigenvalue weighted by Gasteiger charge is -2.33. The summed E-state index contributed by atoms with van der Waals surface area (Å²) in [7, 11) is -3.73. The molecule has 0 unspecified atom stereocenters. The highest BCUT2D eigenvalue weighted by atomic mass is 32.2. The van der Waals surface area contributed by atoms with Gasteiger partial charge in [0, 0.05) is 37.8 Å². The quantitative estimate of drug-likeness (QED) is 0.648. The molecule has 0 saturated carbocycles. The van der Waals surface area contributed by atoms with Crippen molar-refractivity contribution in [3.63, 3.8) is 0 Å². The van der Waals surface area contributed by atoms with E-state index >= 15 is 0 Å². The predicted molar refractivity (Wildman–Crippen MR) is 107 cm³/mol. The third-order valence-corrected chi connectivity index (χ3v) is 6.85. The highest BCUT2D eigenvalue weighted by molar-refractivity contribution is 7.89. The Kier molecular flexibility index (Phi) is 4.78. The van der Waals surface area contributed by atoms with Crippen LogP contribution in [0.25, 0.3) is 5.78 Å². The van der Waals surface area contributed by atoms with E-state index in [4.69, 9.17) is 0 Å². The van der Waals surface area contributed by atoms with E-state index in [1.807, 2.05) is 11.0 Å². The van der Waals surface area contributed by atoms with Crippen LogP contribution in [0, 0.1) is 5.82 Å². The van der Waals surface area contributed by atoms with Crippen LogP contribution in [0.5, 0.6) is 0 Å². The van der Waals surface area contributed by atoms with Gasteiger partial charge >= 0.3 is 0 Å². The van der Waals surface area contributed by atoms with Crippen molar-refractivity contribution in [2.75, 3.05) is 31.1 Å². The van der Waals surface area contributed by atoms with Crippen molar-refractivity contribution in [2.24, 2.45) is 0 Å². The second-order valence-corrected chi connectivity index (χ2v) is 9.99. The zero-order chi connectivity index (χ0) is 20.8. The number of halogens is 1. The number of piperazine rings is 1. The maximum absolute atomic E-state index is 13.4. The minimum absolute atomic E-state index is 0.0316. The smallest absolute Gasteiger partial charge is 0.254 e. The van der Waals surface area contributed by atoms with Gasteiger partial charge in [0.1, 0.15) is 5.82 Å². The highest BCUT2D eigenvalue weighted by Gasteiger charge is 2.30. The van der Waals surface area contributed by atoms with Crippen LogP contribution < -0.4 is 4.90 Å². The van der Waals surface area contributed by atoms with Crippen LogP contribution in [0.2, 0.25) is 0 Å². The number of hydrogen-bond donors (Lipinski definition) is 0. The van der Waals surface area contributed by atoms with E-state index in [1.54, 1.807) is 10.7 Å². The number of rotatable bonds is 3. The van der Waals surface area contributed by atoms with E-state index in [9.17, 15) is 12.8 Å². The summed E-state index contributed by atoms with van der Waals surface area (Å²) in [6, 6.07) is 7.01. The molecular formula is C19H23FN6O2S. The van der Waals surface area contributed by atoms with E-state index in [0.717, 1.165) is 11.8 Å². The Hall–Kier alpha value is -2.59. The summed E-state index contributed by atoms with van der Waals surface area (Å²) in [5.41, 5.74) is 0.873. The molecular weight excluding hydrogens is 395 g/mol. The molecule has 1 fully saturated rings. The molecule has 1 aliphatic rings. The second kappa shape index (κ2) is 7.03. The summed E-state index contributed by atoms with van der Waals surface area (Å²) in [5, 5.41) is 4.61. The molecule has 0 aliphatic carbocycles. The first kappa shape index (κ1) is 19.7. The van der Waals surface area contributed by atoms with E-state index < -0.39 is 15.8 Å². The van der Waals surface area contributed by atoms with Gasteiger partial charge in [-0.1, -0.05) is 26.8 Å². The molecule has 0 bridgehead atoms. The first-order chi connectivity index (χ1) is 13.7. The second-order valence-electron chi connectivity index (χ2n) is 8.05. The van der Waals surface area contributed by atoms with Crippen LogP contribution in [0.15, 0.2) is 41.4 Å². The van der Waals surface area contributed by atoms with Crippen LogP contribution in [0.3, 0.4) is 0 Å². The Bertz CT molecular complexity index is 1150. The fourth-order valence-corrected chi connectivity index (χ4v) is 4.84. The summed E-state index contributed by atoms with van der Waals surface area (Å²) in [6.45, 7) is 7.71. The minimum atomic E-state index is -3.73. The van der Waals surface area contributed by atoms with Gasteiger partial charge in [0.15, 0.2) is 0 Å². The maximum atomic E-state index is 13.4. The summed E-state index contributed by atoms with van der Waals surface area (Å²) < 4.78 is 42.1. The lowest BCUT2D eigenvalue weighted by Crippen LogP contribution is -2.49. The van der Waals surface area contributed by atoms with E-state index in [1.165, 1.54) is 22.5 Å². The molecule has 8 nitrogen and oxygen atoms in total. The first-order valence-corrected chi connectivity index (χ1v) is 10.8. The van der Waals surface area contributed by atoms with Gasteiger partial charge in [-0.25, -0.2) is 17.8 Å². The molecule has 3 aromatic rings. The molecule has 154 valence electrons. The molecule has 1 saturated heterocycles. The van der Waals surface area contributed by atoms with Gasteiger partial charge < -0.3 is 4.90 Å². The highest BCUT2D eigenvalue weighted by Crippen LogP contribution is 2.24. The number of benzene rings is 1. The Morgan fingerprint density at radius 2 is 1.79 bits per heavy atom. The topological polar surface area (TPSA) is 83.7 Å². The van der Waals surface area contributed by atoms with Gasteiger partial charge in [-0.05, 0) is 24.3 Å². The molecule has 1 aliphatic heterocycles. The maximum Gasteiger partial charge on any atom is 0.254 e. The van der Waals surface area contributed by atoms with Gasteiger partial charge in [-0.3, -0.25) is 0 Å². The Labute approximate surface area is 169 Å². The van der Waals surface area contributed by atoms with Gasteiger partial charge in [-0.2, -0.15) is 13.8 Å². The van der Waals surface area contributed by atoms with Crippen molar-refractivity contribution in [1.82, 2.24) is 23.9 Å². The van der Waals surface area contributed by atoms with Gasteiger partial charge in [0.2, 0.25) is 16.0 Å². The van der Waals surface area contributed by atoms with E-state index in [2.05, 4.69) is 35.8 Å². The molecule has 0 N–H and O–H groups in total. The van der Waals surface area contributed by atoms with E-state index in [-0.39, 0.29) is 23.4 Å². The molecule has 1 aromatic carbocycles. The SMILES string of the molecule is CC(C)(C)c1ccnc2nc(N3CCN(S(=O)(=O)c4cccc(F)c4)CC3)nn12. The number of sulfonamides is 1. The normalized spacial score (nSPS) is 16.5. The Morgan fingerprint density at radius 1 is 1.07 bits per heavy atom. The van der Waals surface area contributed by atoms with Crippen LogP contribution in [-0.2, 0) is 15.4 Å². The van der Waals surface area contributed by atoms with Crippen molar-refractivity contribution in [3.05, 3.63) is 48.0 Å².